The van der Waals surface area contributed by atoms with Crippen molar-refractivity contribution in [3.05, 3.63) is 0 Å². The van der Waals surface area contributed by atoms with Crippen molar-refractivity contribution in [1.29, 1.82) is 0 Å². The Morgan fingerprint density at radius 3 is 1.82 bits per heavy atom. The van der Waals surface area contributed by atoms with Crippen LogP contribution in [0.1, 0.15) is 12.8 Å². The van der Waals surface area contributed by atoms with Crippen molar-refractivity contribution < 1.29 is 9.47 Å². The van der Waals surface area contributed by atoms with E-state index in [1.54, 1.807) is 0 Å². The lowest BCUT2D eigenvalue weighted by Crippen LogP contribution is -2.52. The van der Waals surface area contributed by atoms with Crippen LogP contribution in [0, 0.1) is 0 Å². The second-order valence-corrected chi connectivity index (χ2v) is 3.33. The number of fused-ring (bicyclic) bond motifs is 1. The zero-order valence-corrected chi connectivity index (χ0v) is 6.40. The summed E-state index contributed by atoms with van der Waals surface area (Å²) >= 11 is 0. The maximum Gasteiger partial charge on any atom is 0.147 e. The molecule has 0 spiro atoms. The highest BCUT2D eigenvalue weighted by Crippen LogP contribution is 2.26. The van der Waals surface area contributed by atoms with Gasteiger partial charge in [-0.3, -0.25) is 0 Å². The zero-order chi connectivity index (χ0) is 7.84. The molecule has 0 aromatic heterocycles. The molecule has 4 unspecified atom stereocenters. The van der Waals surface area contributed by atoms with Gasteiger partial charge in [0.15, 0.2) is 0 Å². The summed E-state index contributed by atoms with van der Waals surface area (Å²) in [5.74, 6) is 0. The summed E-state index contributed by atoms with van der Waals surface area (Å²) in [7, 11) is 0. The number of ether oxygens (including phenoxy) is 2. The summed E-state index contributed by atoms with van der Waals surface area (Å²) in [6.07, 6.45) is 2.08. The summed E-state index contributed by atoms with van der Waals surface area (Å²) < 4.78 is 10.6. The molecule has 1 aliphatic heterocycles. The van der Waals surface area contributed by atoms with Crippen LogP contribution in [0.4, 0.5) is 0 Å². The molecule has 11 heavy (non-hydrogen) atoms. The molecule has 1 aliphatic carbocycles. The molecular formula is C7H14N2O2. The Morgan fingerprint density at radius 1 is 0.909 bits per heavy atom. The summed E-state index contributed by atoms with van der Waals surface area (Å²) in [5, 5.41) is 0. The largest absolute Gasteiger partial charge is 0.349 e. The van der Waals surface area contributed by atoms with Gasteiger partial charge in [-0.15, -0.1) is 0 Å². The standard InChI is InChI=1S/C7H14N2O2/c8-4-1-6-7(2-5(4)9)11-3-10-6/h4-7H,1-3,8-9H2. The van der Waals surface area contributed by atoms with Gasteiger partial charge in [-0.1, -0.05) is 0 Å². The number of hydrogen-bond acceptors (Lipinski definition) is 4. The molecule has 0 aromatic carbocycles. The van der Waals surface area contributed by atoms with Gasteiger partial charge in [0, 0.05) is 12.1 Å². The molecule has 4 nitrogen and oxygen atoms in total. The van der Waals surface area contributed by atoms with E-state index in [1.807, 2.05) is 0 Å². The first-order valence-electron chi connectivity index (χ1n) is 4.02. The fourth-order valence-electron chi connectivity index (χ4n) is 1.75. The minimum atomic E-state index is 0.0814. The van der Waals surface area contributed by atoms with Crippen LogP contribution in [-0.2, 0) is 9.47 Å². The Labute approximate surface area is 65.8 Å². The van der Waals surface area contributed by atoms with Crippen LogP contribution in [0.3, 0.4) is 0 Å². The monoisotopic (exact) mass is 158 g/mol. The van der Waals surface area contributed by atoms with Gasteiger partial charge in [0.25, 0.3) is 0 Å². The molecule has 0 radical (unpaired) electrons. The maximum absolute atomic E-state index is 5.77. The van der Waals surface area contributed by atoms with E-state index < -0.39 is 0 Å². The number of nitrogens with two attached hydrogens (primary N) is 2. The molecule has 4 N–H and O–H groups in total. The highest BCUT2D eigenvalue weighted by atomic mass is 16.7. The van der Waals surface area contributed by atoms with Gasteiger partial charge in [-0.25, -0.2) is 0 Å². The van der Waals surface area contributed by atoms with E-state index in [-0.39, 0.29) is 24.3 Å². The van der Waals surface area contributed by atoms with Crippen LogP contribution >= 0.6 is 0 Å². The van der Waals surface area contributed by atoms with Gasteiger partial charge in [-0.05, 0) is 12.8 Å². The van der Waals surface area contributed by atoms with Gasteiger partial charge < -0.3 is 20.9 Å². The minimum Gasteiger partial charge on any atom is -0.349 e. The highest BCUT2D eigenvalue weighted by Gasteiger charge is 2.38. The van der Waals surface area contributed by atoms with Crippen molar-refractivity contribution >= 4 is 0 Å². The van der Waals surface area contributed by atoms with E-state index in [0.717, 1.165) is 12.8 Å². The SMILES string of the molecule is NC1CC2OCOC2CC1N. The molecule has 4 heteroatoms. The number of hydrogen-bond donors (Lipinski definition) is 2. The first kappa shape index (κ1) is 7.49. The quantitative estimate of drug-likeness (QED) is 0.483. The molecule has 2 aliphatic rings. The van der Waals surface area contributed by atoms with Gasteiger partial charge in [0.1, 0.15) is 6.79 Å². The molecule has 0 amide bonds. The van der Waals surface area contributed by atoms with E-state index in [0.29, 0.717) is 6.79 Å². The average Bonchev–Trinajstić information content (AvgIpc) is 2.36. The van der Waals surface area contributed by atoms with E-state index in [4.69, 9.17) is 20.9 Å². The summed E-state index contributed by atoms with van der Waals surface area (Å²) in [4.78, 5) is 0. The molecule has 4 atom stereocenters. The molecule has 0 bridgehead atoms. The molecule has 1 heterocycles. The predicted octanol–water partition coefficient (Wildman–Crippen LogP) is -0.824. The van der Waals surface area contributed by atoms with Crippen molar-refractivity contribution in [2.45, 2.75) is 37.1 Å². The van der Waals surface area contributed by atoms with Crippen molar-refractivity contribution in [1.82, 2.24) is 0 Å². The summed E-state index contributed by atoms with van der Waals surface area (Å²) in [6.45, 7) is 0.411. The first-order chi connectivity index (χ1) is 5.27. The van der Waals surface area contributed by atoms with Crippen LogP contribution in [0.15, 0.2) is 0 Å². The molecular weight excluding hydrogens is 144 g/mol. The van der Waals surface area contributed by atoms with Gasteiger partial charge in [0.05, 0.1) is 12.2 Å². The fourth-order valence-corrected chi connectivity index (χ4v) is 1.75. The Hall–Kier alpha value is -0.160. The minimum absolute atomic E-state index is 0.0814. The fraction of sp³-hybridized carbons (Fsp3) is 1.00. The zero-order valence-electron chi connectivity index (χ0n) is 6.40. The Kier molecular flexibility index (Phi) is 1.85. The Balaban J connectivity index is 2.00. The topological polar surface area (TPSA) is 70.5 Å². The molecule has 2 rings (SSSR count). The normalized spacial score (nSPS) is 50.7. The third-order valence-electron chi connectivity index (χ3n) is 2.54. The lowest BCUT2D eigenvalue weighted by atomic mass is 9.87. The second-order valence-electron chi connectivity index (χ2n) is 3.33. The summed E-state index contributed by atoms with van der Waals surface area (Å²) in [5.41, 5.74) is 11.5. The van der Waals surface area contributed by atoms with Crippen LogP contribution in [-0.4, -0.2) is 31.1 Å². The predicted molar refractivity (Wildman–Crippen MR) is 39.8 cm³/mol. The third kappa shape index (κ3) is 1.27. The van der Waals surface area contributed by atoms with Crippen molar-refractivity contribution in [2.24, 2.45) is 11.5 Å². The highest BCUT2D eigenvalue weighted by molar-refractivity contribution is 4.92. The lowest BCUT2D eigenvalue weighted by Gasteiger charge is -2.32. The van der Waals surface area contributed by atoms with Crippen LogP contribution in [0.25, 0.3) is 0 Å². The van der Waals surface area contributed by atoms with Gasteiger partial charge in [0.2, 0.25) is 0 Å². The smallest absolute Gasteiger partial charge is 0.147 e. The van der Waals surface area contributed by atoms with E-state index in [1.165, 1.54) is 0 Å². The molecule has 1 saturated carbocycles. The third-order valence-corrected chi connectivity index (χ3v) is 2.54. The molecule has 0 aromatic rings. The van der Waals surface area contributed by atoms with Gasteiger partial charge >= 0.3 is 0 Å². The Bertz CT molecular complexity index is 137. The lowest BCUT2D eigenvalue weighted by molar-refractivity contribution is 0.0393. The van der Waals surface area contributed by atoms with Crippen molar-refractivity contribution in [3.63, 3.8) is 0 Å². The van der Waals surface area contributed by atoms with Crippen LogP contribution < -0.4 is 11.5 Å². The van der Waals surface area contributed by atoms with Gasteiger partial charge in [-0.2, -0.15) is 0 Å². The van der Waals surface area contributed by atoms with Crippen molar-refractivity contribution in [3.8, 4) is 0 Å². The van der Waals surface area contributed by atoms with E-state index in [9.17, 15) is 0 Å². The van der Waals surface area contributed by atoms with Crippen molar-refractivity contribution in [2.75, 3.05) is 6.79 Å². The van der Waals surface area contributed by atoms with Crippen LogP contribution in [0.2, 0.25) is 0 Å². The molecule has 1 saturated heterocycles. The van der Waals surface area contributed by atoms with E-state index in [2.05, 4.69) is 0 Å². The van der Waals surface area contributed by atoms with E-state index >= 15 is 0 Å². The Morgan fingerprint density at radius 2 is 1.36 bits per heavy atom. The maximum atomic E-state index is 5.77. The van der Waals surface area contributed by atoms with Crippen LogP contribution in [0.5, 0.6) is 0 Å². The average molecular weight is 158 g/mol. The molecule has 64 valence electrons. The number of rotatable bonds is 0. The second kappa shape index (κ2) is 2.71. The molecule has 2 fully saturated rings. The summed E-state index contributed by atoms with van der Waals surface area (Å²) in [6, 6.07) is 0.163. The first-order valence-corrected chi connectivity index (χ1v) is 4.02.